The molecule has 1 aromatic rings. The van der Waals surface area contributed by atoms with Crippen molar-refractivity contribution in [2.75, 3.05) is 20.2 Å². The van der Waals surface area contributed by atoms with Crippen LogP contribution >= 0.6 is 11.3 Å². The van der Waals surface area contributed by atoms with Gasteiger partial charge in [-0.1, -0.05) is 0 Å². The number of aromatic carboxylic acids is 1. The Bertz CT molecular complexity index is 435. The van der Waals surface area contributed by atoms with Crippen molar-refractivity contribution in [1.82, 2.24) is 15.2 Å². The maximum absolute atomic E-state index is 11.6. The number of likely N-dealkylation sites (N-methyl/N-ethyl adjacent to an activating group) is 1. The van der Waals surface area contributed by atoms with Crippen LogP contribution in [-0.4, -0.2) is 52.3 Å². The first-order valence-corrected chi connectivity index (χ1v) is 6.15. The van der Waals surface area contributed by atoms with Crippen molar-refractivity contribution in [3.8, 4) is 0 Å². The van der Waals surface area contributed by atoms with Gasteiger partial charge in [0.15, 0.2) is 5.69 Å². The van der Waals surface area contributed by atoms with Crippen LogP contribution in [-0.2, 0) is 0 Å². The molecule has 1 rings (SSSR count). The molecule has 0 radical (unpaired) electrons. The Morgan fingerprint density at radius 1 is 1.61 bits per heavy atom. The van der Waals surface area contributed by atoms with Crippen LogP contribution in [0.25, 0.3) is 0 Å². The normalized spacial score (nSPS) is 11.9. The summed E-state index contributed by atoms with van der Waals surface area (Å²) in [5.74, 6) is -1.09. The average molecular weight is 273 g/mol. The van der Waals surface area contributed by atoms with Gasteiger partial charge in [0.2, 0.25) is 0 Å². The molecule has 7 nitrogen and oxygen atoms in total. The van der Waals surface area contributed by atoms with Gasteiger partial charge in [-0.3, -0.25) is 0 Å². The summed E-state index contributed by atoms with van der Waals surface area (Å²) in [4.78, 5) is 27.5. The number of nitrogens with zero attached hydrogens (tertiary/aromatic N) is 2. The number of carboxylic acid groups (broad SMARTS) is 1. The molecule has 0 aromatic carbocycles. The van der Waals surface area contributed by atoms with Crippen LogP contribution in [0.2, 0.25) is 0 Å². The Hall–Kier alpha value is -1.67. The number of rotatable bonds is 5. The van der Waals surface area contributed by atoms with E-state index in [1.807, 2.05) is 0 Å². The third-order valence-corrected chi connectivity index (χ3v) is 3.26. The fraction of sp³-hybridized carbons (Fsp3) is 0.500. The molecule has 2 amide bonds. The minimum absolute atomic E-state index is 0.0280. The number of aromatic nitrogens is 1. The number of carboxylic acids is 1. The van der Waals surface area contributed by atoms with Crippen molar-refractivity contribution in [2.45, 2.75) is 13.0 Å². The van der Waals surface area contributed by atoms with E-state index in [-0.39, 0.29) is 30.9 Å². The van der Waals surface area contributed by atoms with Gasteiger partial charge >= 0.3 is 12.0 Å². The van der Waals surface area contributed by atoms with E-state index in [1.165, 1.54) is 21.6 Å². The second-order valence-corrected chi connectivity index (χ2v) is 4.58. The van der Waals surface area contributed by atoms with Crippen LogP contribution in [0.4, 0.5) is 4.79 Å². The Labute approximate surface area is 108 Å². The molecule has 0 aliphatic rings. The Morgan fingerprint density at radius 2 is 2.28 bits per heavy atom. The molecule has 18 heavy (non-hydrogen) atoms. The van der Waals surface area contributed by atoms with Gasteiger partial charge in [-0.05, 0) is 6.92 Å². The number of aliphatic hydroxyl groups is 1. The lowest BCUT2D eigenvalue weighted by atomic mass is 10.3. The number of carbonyl (C=O) groups excluding carboxylic acids is 1. The average Bonchev–Trinajstić information content (AvgIpc) is 2.78. The number of nitrogens with one attached hydrogen (secondary N) is 1. The number of urea groups is 1. The summed E-state index contributed by atoms with van der Waals surface area (Å²) in [6.07, 6.45) is 0. The fourth-order valence-electron chi connectivity index (χ4n) is 1.19. The summed E-state index contributed by atoms with van der Waals surface area (Å²) >= 11 is 1.18. The predicted octanol–water partition coefficient (Wildman–Crippen LogP) is 0.536. The van der Waals surface area contributed by atoms with E-state index < -0.39 is 5.97 Å². The maximum atomic E-state index is 11.6. The lowest BCUT2D eigenvalue weighted by Crippen LogP contribution is -2.39. The predicted molar refractivity (Wildman–Crippen MR) is 65.7 cm³/mol. The molecular formula is C10H15N3O4S. The van der Waals surface area contributed by atoms with E-state index in [9.17, 15) is 9.59 Å². The van der Waals surface area contributed by atoms with Crippen molar-refractivity contribution < 1.29 is 19.8 Å². The first-order valence-electron chi connectivity index (χ1n) is 5.27. The third kappa shape index (κ3) is 3.67. The SMILES string of the molecule is CC(NC(=O)N(C)CCO)c1nc(C(=O)O)cs1. The Morgan fingerprint density at radius 3 is 2.78 bits per heavy atom. The maximum Gasteiger partial charge on any atom is 0.355 e. The summed E-state index contributed by atoms with van der Waals surface area (Å²) in [5.41, 5.74) is -0.0280. The van der Waals surface area contributed by atoms with Gasteiger partial charge in [-0.15, -0.1) is 11.3 Å². The number of aliphatic hydroxyl groups excluding tert-OH is 1. The molecule has 100 valence electrons. The molecule has 0 bridgehead atoms. The highest BCUT2D eigenvalue weighted by molar-refractivity contribution is 7.09. The number of hydrogen-bond acceptors (Lipinski definition) is 5. The second kappa shape index (κ2) is 6.31. The summed E-state index contributed by atoms with van der Waals surface area (Å²) in [6, 6.07) is -0.722. The van der Waals surface area contributed by atoms with Gasteiger partial charge in [-0.25, -0.2) is 14.6 Å². The minimum atomic E-state index is -1.09. The Balaban J connectivity index is 2.61. The van der Waals surface area contributed by atoms with Gasteiger partial charge < -0.3 is 20.4 Å². The molecule has 0 saturated carbocycles. The first kappa shape index (κ1) is 14.4. The number of amides is 2. The van der Waals surface area contributed by atoms with E-state index in [2.05, 4.69) is 10.3 Å². The Kier molecular flexibility index (Phi) is 5.05. The number of thiazole rings is 1. The molecule has 1 heterocycles. The van der Waals surface area contributed by atoms with Crippen LogP contribution in [0, 0.1) is 0 Å². The van der Waals surface area contributed by atoms with Crippen molar-refractivity contribution in [1.29, 1.82) is 0 Å². The molecule has 1 unspecified atom stereocenters. The topological polar surface area (TPSA) is 103 Å². The molecular weight excluding hydrogens is 258 g/mol. The molecule has 0 spiro atoms. The van der Waals surface area contributed by atoms with E-state index in [0.29, 0.717) is 5.01 Å². The highest BCUT2D eigenvalue weighted by Crippen LogP contribution is 2.18. The van der Waals surface area contributed by atoms with Crippen LogP contribution in [0.1, 0.15) is 28.5 Å². The van der Waals surface area contributed by atoms with Gasteiger partial charge in [0.05, 0.1) is 12.6 Å². The molecule has 0 aliphatic heterocycles. The quantitative estimate of drug-likeness (QED) is 0.726. The lowest BCUT2D eigenvalue weighted by molar-refractivity contribution is 0.0691. The molecule has 0 fully saturated rings. The van der Waals surface area contributed by atoms with E-state index in [0.717, 1.165) is 0 Å². The number of carbonyl (C=O) groups is 2. The highest BCUT2D eigenvalue weighted by Gasteiger charge is 2.17. The van der Waals surface area contributed by atoms with Gasteiger partial charge in [-0.2, -0.15) is 0 Å². The summed E-state index contributed by atoms with van der Waals surface area (Å²) in [7, 11) is 1.56. The standard InChI is InChI=1S/C10H15N3O4S/c1-6(11-10(17)13(2)3-4-14)8-12-7(5-18-8)9(15)16/h5-6,14H,3-4H2,1-2H3,(H,11,17)(H,15,16). The molecule has 0 aliphatic carbocycles. The summed E-state index contributed by atoms with van der Waals surface area (Å²) in [6.45, 7) is 1.84. The minimum Gasteiger partial charge on any atom is -0.476 e. The van der Waals surface area contributed by atoms with Gasteiger partial charge in [0.1, 0.15) is 5.01 Å². The third-order valence-electron chi connectivity index (χ3n) is 2.23. The van der Waals surface area contributed by atoms with Crippen molar-refractivity contribution in [2.24, 2.45) is 0 Å². The smallest absolute Gasteiger partial charge is 0.355 e. The molecule has 3 N–H and O–H groups in total. The molecule has 8 heteroatoms. The zero-order valence-electron chi connectivity index (χ0n) is 10.1. The van der Waals surface area contributed by atoms with Crippen LogP contribution in [0.3, 0.4) is 0 Å². The van der Waals surface area contributed by atoms with E-state index in [4.69, 9.17) is 10.2 Å². The summed E-state index contributed by atoms with van der Waals surface area (Å²) < 4.78 is 0. The lowest BCUT2D eigenvalue weighted by Gasteiger charge is -2.19. The molecule has 1 aromatic heterocycles. The van der Waals surface area contributed by atoms with E-state index in [1.54, 1.807) is 14.0 Å². The second-order valence-electron chi connectivity index (χ2n) is 3.69. The highest BCUT2D eigenvalue weighted by atomic mass is 32.1. The van der Waals surface area contributed by atoms with Crippen molar-refractivity contribution >= 4 is 23.3 Å². The van der Waals surface area contributed by atoms with Crippen molar-refractivity contribution in [3.63, 3.8) is 0 Å². The monoisotopic (exact) mass is 273 g/mol. The fourth-order valence-corrected chi connectivity index (χ4v) is 1.99. The summed E-state index contributed by atoms with van der Waals surface area (Å²) in [5, 5.41) is 22.1. The van der Waals surface area contributed by atoms with Crippen LogP contribution < -0.4 is 5.32 Å². The first-order chi connectivity index (χ1) is 8.45. The zero-order valence-corrected chi connectivity index (χ0v) is 10.9. The van der Waals surface area contributed by atoms with Crippen molar-refractivity contribution in [3.05, 3.63) is 16.1 Å². The number of hydrogen-bond donors (Lipinski definition) is 3. The molecule has 0 saturated heterocycles. The van der Waals surface area contributed by atoms with E-state index >= 15 is 0 Å². The molecule has 1 atom stereocenters. The van der Waals surface area contributed by atoms with Crippen LogP contribution in [0.15, 0.2) is 5.38 Å². The van der Waals surface area contributed by atoms with Crippen LogP contribution in [0.5, 0.6) is 0 Å². The zero-order chi connectivity index (χ0) is 13.7. The largest absolute Gasteiger partial charge is 0.476 e. The van der Waals surface area contributed by atoms with Gasteiger partial charge in [0.25, 0.3) is 0 Å². The van der Waals surface area contributed by atoms with Gasteiger partial charge in [0, 0.05) is 19.0 Å².